The molecule has 98 valence electrons. The summed E-state index contributed by atoms with van der Waals surface area (Å²) in [6.07, 6.45) is 2.32. The molecule has 0 spiro atoms. The first-order valence-electron chi connectivity index (χ1n) is 5.89. The fourth-order valence-electron chi connectivity index (χ4n) is 1.72. The van der Waals surface area contributed by atoms with E-state index in [2.05, 4.69) is 10.6 Å². The molecule has 1 heterocycles. The molecule has 0 aliphatic carbocycles. The maximum absolute atomic E-state index is 11.5. The smallest absolute Gasteiger partial charge is 0.326 e. The minimum atomic E-state index is -0.995. The van der Waals surface area contributed by atoms with Crippen molar-refractivity contribution in [2.24, 2.45) is 5.92 Å². The number of rotatable bonds is 5. The largest absolute Gasteiger partial charge is 0.480 e. The maximum Gasteiger partial charge on any atom is 0.326 e. The first-order chi connectivity index (χ1) is 8.00. The highest BCUT2D eigenvalue weighted by molar-refractivity contribution is 8.00. The van der Waals surface area contributed by atoms with Crippen molar-refractivity contribution in [3.63, 3.8) is 0 Å². The van der Waals surface area contributed by atoms with Crippen LogP contribution in [0.3, 0.4) is 0 Å². The van der Waals surface area contributed by atoms with Crippen LogP contribution < -0.4 is 10.6 Å². The maximum atomic E-state index is 11.5. The minimum absolute atomic E-state index is 0.126. The number of amides is 2. The number of nitrogens with one attached hydrogen (secondary N) is 2. The van der Waals surface area contributed by atoms with Gasteiger partial charge in [-0.25, -0.2) is 9.59 Å². The first kappa shape index (κ1) is 14.2. The lowest BCUT2D eigenvalue weighted by Gasteiger charge is -2.19. The van der Waals surface area contributed by atoms with Crippen LogP contribution in [0.25, 0.3) is 0 Å². The third-order valence-corrected chi connectivity index (χ3v) is 4.13. The highest BCUT2D eigenvalue weighted by atomic mass is 32.2. The van der Waals surface area contributed by atoms with E-state index < -0.39 is 18.0 Å². The number of carboxylic acid groups (broad SMARTS) is 1. The lowest BCUT2D eigenvalue weighted by atomic mass is 10.1. The standard InChI is InChI=1S/C11H20N2O3S/c1-7(2)9(10(14)15)13-11(16)12-6-8-4-3-5-17-8/h7-9H,3-6H2,1-2H3,(H,14,15)(H2,12,13,16)/t8?,9-/m1/s1. The molecule has 0 bridgehead atoms. The molecule has 2 amide bonds. The first-order valence-corrected chi connectivity index (χ1v) is 6.94. The minimum Gasteiger partial charge on any atom is -0.480 e. The van der Waals surface area contributed by atoms with Crippen LogP contribution >= 0.6 is 11.8 Å². The molecule has 1 aliphatic rings. The molecular formula is C11H20N2O3S. The molecule has 3 N–H and O–H groups in total. The SMILES string of the molecule is CC(C)[C@@H](NC(=O)NCC1CCCS1)C(=O)O. The van der Waals surface area contributed by atoms with Gasteiger partial charge in [-0.1, -0.05) is 13.8 Å². The Morgan fingerprint density at radius 2 is 2.18 bits per heavy atom. The summed E-state index contributed by atoms with van der Waals surface area (Å²) in [5, 5.41) is 14.6. The van der Waals surface area contributed by atoms with Crippen molar-refractivity contribution in [1.82, 2.24) is 10.6 Å². The Morgan fingerprint density at radius 1 is 1.47 bits per heavy atom. The van der Waals surface area contributed by atoms with Crippen LogP contribution in [0.15, 0.2) is 0 Å². The second-order valence-corrected chi connectivity index (χ2v) is 5.96. The third-order valence-electron chi connectivity index (χ3n) is 2.73. The molecule has 0 radical (unpaired) electrons. The van der Waals surface area contributed by atoms with Gasteiger partial charge in [-0.3, -0.25) is 0 Å². The molecule has 6 heteroatoms. The van der Waals surface area contributed by atoms with Crippen molar-refractivity contribution >= 4 is 23.8 Å². The Hall–Kier alpha value is -0.910. The Kier molecular flexibility index (Phi) is 5.61. The van der Waals surface area contributed by atoms with Crippen molar-refractivity contribution in [3.05, 3.63) is 0 Å². The number of carbonyl (C=O) groups is 2. The summed E-state index contributed by atoms with van der Waals surface area (Å²) in [5.41, 5.74) is 0. The Balaban J connectivity index is 2.29. The van der Waals surface area contributed by atoms with Crippen molar-refractivity contribution in [3.8, 4) is 0 Å². The molecule has 1 saturated heterocycles. The summed E-state index contributed by atoms with van der Waals surface area (Å²) in [4.78, 5) is 22.4. The van der Waals surface area contributed by atoms with Crippen LogP contribution in [-0.4, -0.2) is 40.7 Å². The average Bonchev–Trinajstić information content (AvgIpc) is 2.74. The molecule has 1 unspecified atom stereocenters. The molecule has 1 fully saturated rings. The van der Waals surface area contributed by atoms with Gasteiger partial charge in [0.25, 0.3) is 0 Å². The second kappa shape index (κ2) is 6.74. The van der Waals surface area contributed by atoms with Gasteiger partial charge in [0.05, 0.1) is 0 Å². The van der Waals surface area contributed by atoms with Gasteiger partial charge in [0, 0.05) is 11.8 Å². The molecule has 1 rings (SSSR count). The van der Waals surface area contributed by atoms with Gasteiger partial charge in [-0.05, 0) is 24.5 Å². The van der Waals surface area contributed by atoms with Crippen molar-refractivity contribution in [1.29, 1.82) is 0 Å². The van der Waals surface area contributed by atoms with Gasteiger partial charge in [0.1, 0.15) is 6.04 Å². The Bertz CT molecular complexity index is 278. The quantitative estimate of drug-likeness (QED) is 0.696. The number of aliphatic carboxylic acids is 1. The molecule has 1 aliphatic heterocycles. The molecule has 0 aromatic heterocycles. The highest BCUT2D eigenvalue weighted by Crippen LogP contribution is 2.25. The van der Waals surface area contributed by atoms with E-state index in [-0.39, 0.29) is 5.92 Å². The van der Waals surface area contributed by atoms with Gasteiger partial charge in [-0.15, -0.1) is 0 Å². The van der Waals surface area contributed by atoms with E-state index in [1.165, 1.54) is 6.42 Å². The zero-order valence-electron chi connectivity index (χ0n) is 10.2. The number of hydrogen-bond donors (Lipinski definition) is 3. The number of hydrogen-bond acceptors (Lipinski definition) is 3. The number of carbonyl (C=O) groups excluding carboxylic acids is 1. The summed E-state index contributed by atoms with van der Waals surface area (Å²) >= 11 is 1.86. The van der Waals surface area contributed by atoms with Crippen LogP contribution in [0.4, 0.5) is 4.79 Å². The van der Waals surface area contributed by atoms with Crippen molar-refractivity contribution < 1.29 is 14.7 Å². The summed E-state index contributed by atoms with van der Waals surface area (Å²) in [7, 11) is 0. The van der Waals surface area contributed by atoms with Gasteiger partial charge < -0.3 is 15.7 Å². The van der Waals surface area contributed by atoms with Crippen LogP contribution in [0, 0.1) is 5.92 Å². The van der Waals surface area contributed by atoms with E-state index in [1.54, 1.807) is 13.8 Å². The molecule has 2 atom stereocenters. The predicted octanol–water partition coefficient (Wildman–Crippen LogP) is 1.29. The lowest BCUT2D eigenvalue weighted by molar-refractivity contribution is -0.140. The third kappa shape index (κ3) is 4.85. The fraction of sp³-hybridized carbons (Fsp3) is 0.818. The molecule has 0 aromatic carbocycles. The van der Waals surface area contributed by atoms with Crippen LogP contribution in [0.5, 0.6) is 0 Å². The molecule has 0 saturated carbocycles. The summed E-state index contributed by atoms with van der Waals surface area (Å²) in [6.45, 7) is 4.15. The van der Waals surface area contributed by atoms with Crippen LogP contribution in [0.1, 0.15) is 26.7 Å². The fourth-order valence-corrected chi connectivity index (χ4v) is 2.92. The Labute approximate surface area is 106 Å². The average molecular weight is 260 g/mol. The van der Waals surface area contributed by atoms with Gasteiger partial charge in [0.15, 0.2) is 0 Å². The number of thioether (sulfide) groups is 1. The Morgan fingerprint density at radius 3 is 2.65 bits per heavy atom. The summed E-state index contributed by atoms with van der Waals surface area (Å²) < 4.78 is 0. The zero-order chi connectivity index (χ0) is 12.8. The van der Waals surface area contributed by atoms with Crippen molar-refractivity contribution in [2.75, 3.05) is 12.3 Å². The summed E-state index contributed by atoms with van der Waals surface area (Å²) in [6, 6.07) is -1.22. The van der Waals surface area contributed by atoms with E-state index in [9.17, 15) is 9.59 Å². The predicted molar refractivity (Wildman–Crippen MR) is 68.3 cm³/mol. The molecule has 0 aromatic rings. The summed E-state index contributed by atoms with van der Waals surface area (Å²) in [5.74, 6) is 0.0297. The van der Waals surface area contributed by atoms with Crippen LogP contribution in [0.2, 0.25) is 0 Å². The van der Waals surface area contributed by atoms with Gasteiger partial charge >= 0.3 is 12.0 Å². The van der Waals surface area contributed by atoms with Gasteiger partial charge in [0.2, 0.25) is 0 Å². The molecular weight excluding hydrogens is 240 g/mol. The van der Waals surface area contributed by atoms with E-state index in [0.717, 1.165) is 12.2 Å². The number of urea groups is 1. The van der Waals surface area contributed by atoms with E-state index in [4.69, 9.17) is 5.11 Å². The monoisotopic (exact) mass is 260 g/mol. The lowest BCUT2D eigenvalue weighted by Crippen LogP contribution is -2.49. The van der Waals surface area contributed by atoms with Crippen molar-refractivity contribution in [2.45, 2.75) is 38.0 Å². The van der Waals surface area contributed by atoms with Crippen LogP contribution in [-0.2, 0) is 4.79 Å². The number of carboxylic acids is 1. The normalized spacial score (nSPS) is 21.2. The van der Waals surface area contributed by atoms with E-state index in [0.29, 0.717) is 11.8 Å². The van der Waals surface area contributed by atoms with E-state index >= 15 is 0 Å². The topological polar surface area (TPSA) is 78.4 Å². The molecule has 17 heavy (non-hydrogen) atoms. The second-order valence-electron chi connectivity index (χ2n) is 4.55. The highest BCUT2D eigenvalue weighted by Gasteiger charge is 2.24. The van der Waals surface area contributed by atoms with Gasteiger partial charge in [-0.2, -0.15) is 11.8 Å². The zero-order valence-corrected chi connectivity index (χ0v) is 11.0. The van der Waals surface area contributed by atoms with E-state index in [1.807, 2.05) is 11.8 Å². The molecule has 5 nitrogen and oxygen atoms in total.